The molecule has 3 rings (SSSR count). The molecule has 104 valence electrons. The van der Waals surface area contributed by atoms with Crippen LogP contribution in [0.2, 0.25) is 0 Å². The van der Waals surface area contributed by atoms with Crippen molar-refractivity contribution in [2.45, 2.75) is 12.5 Å². The number of amides is 1. The summed E-state index contributed by atoms with van der Waals surface area (Å²) in [5.74, 6) is -0.155. The van der Waals surface area contributed by atoms with E-state index in [1.807, 2.05) is 18.2 Å². The summed E-state index contributed by atoms with van der Waals surface area (Å²) >= 11 is 0. The molecular weight excluding hydrogens is 254 g/mol. The number of hydrogen-bond donors (Lipinski definition) is 1. The topological polar surface area (TPSA) is 63.1 Å². The molecule has 0 saturated carbocycles. The van der Waals surface area contributed by atoms with Crippen molar-refractivity contribution in [1.29, 1.82) is 0 Å². The van der Waals surface area contributed by atoms with Gasteiger partial charge in [-0.25, -0.2) is 0 Å². The minimum atomic E-state index is -0.155. The highest BCUT2D eigenvalue weighted by atomic mass is 16.2. The first kappa shape index (κ1) is 12.7. The van der Waals surface area contributed by atoms with E-state index in [-0.39, 0.29) is 11.9 Å². The normalized spacial score (nSPS) is 18.2. The van der Waals surface area contributed by atoms with Crippen molar-refractivity contribution < 1.29 is 4.79 Å². The number of aryl methyl sites for hydroxylation is 1. The van der Waals surface area contributed by atoms with Crippen molar-refractivity contribution in [3.05, 3.63) is 42.2 Å². The maximum absolute atomic E-state index is 12.0. The lowest BCUT2D eigenvalue weighted by Gasteiger charge is -2.18. The monoisotopic (exact) mass is 271 g/mol. The van der Waals surface area contributed by atoms with Gasteiger partial charge in [0.25, 0.3) is 5.91 Å². The second-order valence-electron chi connectivity index (χ2n) is 5.02. The summed E-state index contributed by atoms with van der Waals surface area (Å²) in [4.78, 5) is 14.3. The van der Waals surface area contributed by atoms with E-state index in [0.717, 1.165) is 19.5 Å². The molecule has 6 nitrogen and oxygen atoms in total. The second-order valence-corrected chi connectivity index (χ2v) is 5.02. The van der Waals surface area contributed by atoms with Gasteiger partial charge >= 0.3 is 0 Å². The third-order valence-electron chi connectivity index (χ3n) is 3.48. The van der Waals surface area contributed by atoms with Crippen LogP contribution in [0.25, 0.3) is 0 Å². The molecule has 0 aliphatic carbocycles. The smallest absolute Gasteiger partial charge is 0.273 e. The predicted molar refractivity (Wildman–Crippen MR) is 75.5 cm³/mol. The highest BCUT2D eigenvalue weighted by Gasteiger charge is 2.25. The number of carbonyl (C=O) groups excluding carboxylic acids is 1. The van der Waals surface area contributed by atoms with E-state index in [1.165, 1.54) is 10.4 Å². The number of para-hydroxylation sites is 1. The number of rotatable bonds is 3. The van der Waals surface area contributed by atoms with Gasteiger partial charge in [0, 0.05) is 31.9 Å². The van der Waals surface area contributed by atoms with Gasteiger partial charge in [0.2, 0.25) is 0 Å². The fourth-order valence-electron chi connectivity index (χ4n) is 2.46. The molecule has 1 N–H and O–H groups in total. The lowest BCUT2D eigenvalue weighted by atomic mass is 10.2. The average molecular weight is 271 g/mol. The maximum atomic E-state index is 12.0. The van der Waals surface area contributed by atoms with Gasteiger partial charge in [-0.3, -0.25) is 9.48 Å². The molecule has 1 atom stereocenters. The number of nitrogens with zero attached hydrogens (tertiary/aromatic N) is 4. The van der Waals surface area contributed by atoms with Crippen LogP contribution in [0.3, 0.4) is 0 Å². The molecule has 1 aliphatic heterocycles. The Balaban J connectivity index is 1.59. The zero-order valence-electron chi connectivity index (χ0n) is 11.4. The van der Waals surface area contributed by atoms with Crippen LogP contribution >= 0.6 is 0 Å². The van der Waals surface area contributed by atoms with Gasteiger partial charge in [-0.2, -0.15) is 0 Å². The molecule has 1 aliphatic rings. The number of anilines is 1. The summed E-state index contributed by atoms with van der Waals surface area (Å²) in [6.45, 7) is 1.78. The number of hydrogen-bond acceptors (Lipinski definition) is 4. The molecule has 6 heteroatoms. The van der Waals surface area contributed by atoms with E-state index in [9.17, 15) is 4.79 Å². The van der Waals surface area contributed by atoms with Gasteiger partial charge in [0.15, 0.2) is 5.69 Å². The fraction of sp³-hybridized carbons (Fsp3) is 0.357. The van der Waals surface area contributed by atoms with Crippen LogP contribution < -0.4 is 10.2 Å². The van der Waals surface area contributed by atoms with Crippen LogP contribution in [0.1, 0.15) is 16.9 Å². The van der Waals surface area contributed by atoms with Crippen molar-refractivity contribution in [2.75, 3.05) is 18.0 Å². The lowest BCUT2D eigenvalue weighted by molar-refractivity contribution is 0.0935. The van der Waals surface area contributed by atoms with E-state index < -0.39 is 0 Å². The number of nitrogens with one attached hydrogen (secondary N) is 1. The third-order valence-corrected chi connectivity index (χ3v) is 3.48. The van der Waals surface area contributed by atoms with Crippen LogP contribution in [-0.4, -0.2) is 40.0 Å². The Hall–Kier alpha value is -2.37. The van der Waals surface area contributed by atoms with E-state index in [4.69, 9.17) is 0 Å². The van der Waals surface area contributed by atoms with E-state index in [2.05, 4.69) is 32.7 Å². The van der Waals surface area contributed by atoms with Crippen molar-refractivity contribution in [3.8, 4) is 0 Å². The van der Waals surface area contributed by atoms with Gasteiger partial charge < -0.3 is 10.2 Å². The minimum absolute atomic E-state index is 0.155. The molecule has 2 heterocycles. The molecule has 1 fully saturated rings. The Labute approximate surface area is 117 Å². The quantitative estimate of drug-likeness (QED) is 0.898. The summed E-state index contributed by atoms with van der Waals surface area (Å²) < 4.78 is 1.53. The van der Waals surface area contributed by atoms with Crippen LogP contribution in [-0.2, 0) is 7.05 Å². The lowest BCUT2D eigenvalue weighted by Crippen LogP contribution is -2.37. The SMILES string of the molecule is Cn1cc(C(=O)NC2CCN(c3ccccc3)C2)nn1. The summed E-state index contributed by atoms with van der Waals surface area (Å²) in [7, 11) is 1.75. The van der Waals surface area contributed by atoms with Gasteiger partial charge in [-0.05, 0) is 18.6 Å². The molecule has 1 amide bonds. The molecule has 0 radical (unpaired) electrons. The zero-order chi connectivity index (χ0) is 13.9. The van der Waals surface area contributed by atoms with Gasteiger partial charge in [-0.1, -0.05) is 23.4 Å². The molecule has 0 spiro atoms. The molecular formula is C14H17N5O. The van der Waals surface area contributed by atoms with E-state index in [1.54, 1.807) is 13.2 Å². The summed E-state index contributed by atoms with van der Waals surface area (Å²) in [6.07, 6.45) is 2.57. The van der Waals surface area contributed by atoms with Crippen molar-refractivity contribution in [1.82, 2.24) is 20.3 Å². The molecule has 1 aromatic carbocycles. The zero-order valence-corrected chi connectivity index (χ0v) is 11.4. The Morgan fingerprint density at radius 1 is 1.35 bits per heavy atom. The molecule has 0 bridgehead atoms. The van der Waals surface area contributed by atoms with Crippen molar-refractivity contribution in [3.63, 3.8) is 0 Å². The molecule has 1 aromatic heterocycles. The molecule has 2 aromatic rings. The third kappa shape index (κ3) is 2.64. The summed E-state index contributed by atoms with van der Waals surface area (Å²) in [5.41, 5.74) is 1.56. The Morgan fingerprint density at radius 3 is 2.85 bits per heavy atom. The first-order valence-electron chi connectivity index (χ1n) is 6.69. The largest absolute Gasteiger partial charge is 0.369 e. The summed E-state index contributed by atoms with van der Waals surface area (Å²) in [5, 5.41) is 10.6. The van der Waals surface area contributed by atoms with Crippen molar-refractivity contribution in [2.24, 2.45) is 7.05 Å². The predicted octanol–water partition coefficient (Wildman–Crippen LogP) is 0.824. The molecule has 1 unspecified atom stereocenters. The molecule has 1 saturated heterocycles. The minimum Gasteiger partial charge on any atom is -0.369 e. The standard InChI is InChI=1S/C14H17N5O/c1-18-10-13(16-17-18)14(20)15-11-7-8-19(9-11)12-5-3-2-4-6-12/h2-6,10-11H,7-9H2,1H3,(H,15,20). The number of benzene rings is 1. The van der Waals surface area contributed by atoms with Gasteiger partial charge in [-0.15, -0.1) is 5.10 Å². The highest BCUT2D eigenvalue weighted by molar-refractivity contribution is 5.92. The van der Waals surface area contributed by atoms with Crippen LogP contribution in [0.15, 0.2) is 36.5 Å². The summed E-state index contributed by atoms with van der Waals surface area (Å²) in [6, 6.07) is 10.4. The second kappa shape index (κ2) is 5.32. The number of aromatic nitrogens is 3. The maximum Gasteiger partial charge on any atom is 0.273 e. The Morgan fingerprint density at radius 2 is 2.15 bits per heavy atom. The Kier molecular flexibility index (Phi) is 3.37. The van der Waals surface area contributed by atoms with Crippen LogP contribution in [0.5, 0.6) is 0 Å². The molecule has 20 heavy (non-hydrogen) atoms. The van der Waals surface area contributed by atoms with Crippen LogP contribution in [0.4, 0.5) is 5.69 Å². The van der Waals surface area contributed by atoms with Gasteiger partial charge in [0.1, 0.15) is 0 Å². The fourth-order valence-corrected chi connectivity index (χ4v) is 2.46. The van der Waals surface area contributed by atoms with Gasteiger partial charge in [0.05, 0.1) is 6.20 Å². The first-order valence-corrected chi connectivity index (χ1v) is 6.69. The Bertz CT molecular complexity index is 595. The van der Waals surface area contributed by atoms with Crippen LogP contribution in [0, 0.1) is 0 Å². The highest BCUT2D eigenvalue weighted by Crippen LogP contribution is 2.19. The first-order chi connectivity index (χ1) is 9.72. The van der Waals surface area contributed by atoms with E-state index >= 15 is 0 Å². The van der Waals surface area contributed by atoms with Crippen molar-refractivity contribution >= 4 is 11.6 Å². The number of carbonyl (C=O) groups is 1. The van der Waals surface area contributed by atoms with E-state index in [0.29, 0.717) is 5.69 Å². The average Bonchev–Trinajstić information content (AvgIpc) is 3.09.